The number of fused-ring (bicyclic) bond motifs is 1. The molecule has 4 rings (SSSR count). The van der Waals surface area contributed by atoms with E-state index in [4.69, 9.17) is 11.6 Å². The molecule has 0 radical (unpaired) electrons. The van der Waals surface area contributed by atoms with Crippen LogP contribution in [0.15, 0.2) is 53.5 Å². The van der Waals surface area contributed by atoms with Gasteiger partial charge in [0, 0.05) is 16.0 Å². The number of rotatable bonds is 3. The van der Waals surface area contributed by atoms with E-state index < -0.39 is 9.84 Å². The minimum Gasteiger partial charge on any atom is -0.316 e. The number of benzene rings is 2. The number of nitrogens with zero attached hydrogens (tertiary/aromatic N) is 2. The number of amides is 1. The summed E-state index contributed by atoms with van der Waals surface area (Å²) >= 11 is 7.41. The minimum atomic E-state index is -3.13. The molecule has 0 aromatic heterocycles. The van der Waals surface area contributed by atoms with Crippen LogP contribution in [0.25, 0.3) is 0 Å². The molecule has 2 aliphatic rings. The van der Waals surface area contributed by atoms with Crippen LogP contribution in [0.4, 0.5) is 10.1 Å². The first-order valence-corrected chi connectivity index (χ1v) is 11.7. The summed E-state index contributed by atoms with van der Waals surface area (Å²) in [6.07, 6.45) is 0.0430. The third-order valence-corrected chi connectivity index (χ3v) is 8.09. The first-order valence-electron chi connectivity index (χ1n) is 8.58. The zero-order valence-electron chi connectivity index (χ0n) is 14.6. The lowest BCUT2D eigenvalue weighted by atomic mass is 10.1. The van der Waals surface area contributed by atoms with Gasteiger partial charge in [0.15, 0.2) is 15.0 Å². The van der Waals surface area contributed by atoms with Crippen LogP contribution in [0.2, 0.25) is 5.02 Å². The number of anilines is 1. The van der Waals surface area contributed by atoms with Crippen molar-refractivity contribution in [2.75, 3.05) is 16.4 Å². The Bertz CT molecular complexity index is 1060. The summed E-state index contributed by atoms with van der Waals surface area (Å²) in [7, 11) is -3.13. The Hall–Kier alpha value is -1.90. The van der Waals surface area contributed by atoms with Crippen molar-refractivity contribution in [3.63, 3.8) is 0 Å². The van der Waals surface area contributed by atoms with E-state index in [-0.39, 0.29) is 40.9 Å². The lowest BCUT2D eigenvalue weighted by Gasteiger charge is -2.24. The number of sulfone groups is 1. The third-order valence-electron chi connectivity index (χ3n) is 4.64. The van der Waals surface area contributed by atoms with Gasteiger partial charge >= 0.3 is 0 Å². The summed E-state index contributed by atoms with van der Waals surface area (Å²) in [6, 6.07) is 12.5. The number of hydrogen-bond acceptors (Lipinski definition) is 4. The topological polar surface area (TPSA) is 66.8 Å². The summed E-state index contributed by atoms with van der Waals surface area (Å²) in [5, 5.41) is 0.810. The molecule has 2 aromatic rings. The SMILES string of the molecule is O=C(Cc1ccc(F)cc1)N=C1S[C@@H]2CS(=O)(=O)C[C@H]2N1c1cccc(Cl)c1. The van der Waals surface area contributed by atoms with Crippen molar-refractivity contribution < 1.29 is 17.6 Å². The number of thioether (sulfide) groups is 1. The van der Waals surface area contributed by atoms with E-state index in [1.807, 2.05) is 6.07 Å². The molecule has 0 N–H and O–H groups in total. The molecular weight excluding hydrogens is 423 g/mol. The van der Waals surface area contributed by atoms with Crippen molar-refractivity contribution in [1.29, 1.82) is 0 Å². The highest BCUT2D eigenvalue weighted by Gasteiger charge is 2.49. The molecule has 0 bridgehead atoms. The maximum atomic E-state index is 13.0. The molecule has 0 aliphatic carbocycles. The summed E-state index contributed by atoms with van der Waals surface area (Å²) in [5.74, 6) is -0.661. The highest BCUT2D eigenvalue weighted by molar-refractivity contribution is 8.16. The molecule has 0 saturated carbocycles. The zero-order chi connectivity index (χ0) is 19.9. The number of aliphatic imine (C=N–C) groups is 1. The Morgan fingerprint density at radius 3 is 2.68 bits per heavy atom. The van der Waals surface area contributed by atoms with E-state index in [0.717, 1.165) is 0 Å². The molecule has 146 valence electrons. The van der Waals surface area contributed by atoms with E-state index in [1.165, 1.54) is 23.9 Å². The second kappa shape index (κ2) is 7.50. The van der Waals surface area contributed by atoms with E-state index >= 15 is 0 Å². The zero-order valence-corrected chi connectivity index (χ0v) is 17.0. The lowest BCUT2D eigenvalue weighted by molar-refractivity contribution is -0.117. The molecule has 0 spiro atoms. The second-order valence-corrected chi connectivity index (χ2v) is 10.5. The third kappa shape index (κ3) is 4.09. The van der Waals surface area contributed by atoms with Gasteiger partial charge in [0.1, 0.15) is 5.82 Å². The fourth-order valence-electron chi connectivity index (χ4n) is 3.42. The molecule has 2 aromatic carbocycles. The van der Waals surface area contributed by atoms with Crippen LogP contribution in [-0.2, 0) is 21.1 Å². The van der Waals surface area contributed by atoms with Crippen LogP contribution in [0, 0.1) is 5.82 Å². The van der Waals surface area contributed by atoms with Gasteiger partial charge in [0.2, 0.25) is 0 Å². The van der Waals surface area contributed by atoms with E-state index in [0.29, 0.717) is 21.4 Å². The van der Waals surface area contributed by atoms with Crippen LogP contribution < -0.4 is 4.90 Å². The minimum absolute atomic E-state index is 0.0162. The molecule has 2 atom stereocenters. The standard InChI is InChI=1S/C19H16ClFN2O3S2/c20-13-2-1-3-15(9-13)23-16-10-28(25,26)11-17(16)27-19(23)22-18(24)8-12-4-6-14(21)7-5-12/h1-7,9,16-17H,8,10-11H2/t16-,17-/m1/s1. The van der Waals surface area contributed by atoms with Crippen LogP contribution in [0.1, 0.15) is 5.56 Å². The maximum absolute atomic E-state index is 13.0. The Kier molecular flexibility index (Phi) is 5.20. The molecule has 2 saturated heterocycles. The number of carbonyl (C=O) groups is 1. The lowest BCUT2D eigenvalue weighted by Crippen LogP contribution is -2.37. The van der Waals surface area contributed by atoms with Crippen molar-refractivity contribution in [2.24, 2.45) is 4.99 Å². The number of halogens is 2. The average Bonchev–Trinajstić information content (AvgIpc) is 3.07. The predicted molar refractivity (Wildman–Crippen MR) is 110 cm³/mol. The van der Waals surface area contributed by atoms with Gasteiger partial charge in [-0.15, -0.1) is 0 Å². The number of carbonyl (C=O) groups excluding carboxylic acids is 1. The summed E-state index contributed by atoms with van der Waals surface area (Å²) in [4.78, 5) is 18.5. The van der Waals surface area contributed by atoms with Crippen molar-refractivity contribution in [1.82, 2.24) is 0 Å². The molecule has 0 unspecified atom stereocenters. The highest BCUT2D eigenvalue weighted by atomic mass is 35.5. The van der Waals surface area contributed by atoms with Crippen molar-refractivity contribution in [3.8, 4) is 0 Å². The van der Waals surface area contributed by atoms with Gasteiger partial charge in [-0.25, -0.2) is 12.8 Å². The van der Waals surface area contributed by atoms with E-state index in [2.05, 4.69) is 4.99 Å². The Morgan fingerprint density at radius 2 is 1.96 bits per heavy atom. The van der Waals surface area contributed by atoms with Crippen LogP contribution in [0.5, 0.6) is 0 Å². The average molecular weight is 439 g/mol. The quantitative estimate of drug-likeness (QED) is 0.735. The molecule has 9 heteroatoms. The van der Waals surface area contributed by atoms with Gasteiger partial charge in [-0.05, 0) is 35.9 Å². The normalized spacial score (nSPS) is 24.5. The van der Waals surface area contributed by atoms with Gasteiger partial charge in [0.25, 0.3) is 5.91 Å². The molecule has 2 fully saturated rings. The summed E-state index contributed by atoms with van der Waals surface area (Å²) in [5.41, 5.74) is 1.37. The van der Waals surface area contributed by atoms with Gasteiger partial charge < -0.3 is 4.90 Å². The molecule has 1 amide bonds. The largest absolute Gasteiger partial charge is 0.316 e. The summed E-state index contributed by atoms with van der Waals surface area (Å²) < 4.78 is 37.2. The van der Waals surface area contributed by atoms with E-state index in [1.54, 1.807) is 35.2 Å². The van der Waals surface area contributed by atoms with Crippen LogP contribution in [-0.4, -0.2) is 42.3 Å². The molecule has 2 heterocycles. The van der Waals surface area contributed by atoms with Crippen molar-refractivity contribution >= 4 is 50.0 Å². The van der Waals surface area contributed by atoms with Gasteiger partial charge in [0.05, 0.1) is 24.0 Å². The first kappa shape index (κ1) is 19.4. The van der Waals surface area contributed by atoms with Crippen LogP contribution in [0.3, 0.4) is 0 Å². The molecule has 5 nitrogen and oxygen atoms in total. The van der Waals surface area contributed by atoms with E-state index in [9.17, 15) is 17.6 Å². The predicted octanol–water partition coefficient (Wildman–Crippen LogP) is 3.32. The smallest absolute Gasteiger partial charge is 0.252 e. The van der Waals surface area contributed by atoms with Gasteiger partial charge in [-0.1, -0.05) is 41.6 Å². The molecular formula is C19H16ClFN2O3S2. The Labute approximate surface area is 171 Å². The van der Waals surface area contributed by atoms with Crippen molar-refractivity contribution in [3.05, 3.63) is 64.9 Å². The Balaban J connectivity index is 1.63. The number of amidine groups is 1. The summed E-state index contributed by atoms with van der Waals surface area (Å²) in [6.45, 7) is 0. The van der Waals surface area contributed by atoms with Crippen molar-refractivity contribution in [2.45, 2.75) is 17.7 Å². The fraction of sp³-hybridized carbons (Fsp3) is 0.263. The maximum Gasteiger partial charge on any atom is 0.252 e. The van der Waals surface area contributed by atoms with Gasteiger partial charge in [-0.2, -0.15) is 4.99 Å². The fourth-order valence-corrected chi connectivity index (χ4v) is 7.53. The monoisotopic (exact) mass is 438 g/mol. The number of hydrogen-bond donors (Lipinski definition) is 0. The van der Waals surface area contributed by atoms with Gasteiger partial charge in [-0.3, -0.25) is 4.79 Å². The second-order valence-electron chi connectivity index (χ2n) is 6.74. The molecule has 28 heavy (non-hydrogen) atoms. The molecule has 2 aliphatic heterocycles. The highest BCUT2D eigenvalue weighted by Crippen LogP contribution is 2.41. The first-order chi connectivity index (χ1) is 13.3. The Morgan fingerprint density at radius 1 is 1.21 bits per heavy atom. The van der Waals surface area contributed by atoms with Crippen LogP contribution >= 0.6 is 23.4 Å².